The quantitative estimate of drug-likeness (QED) is 0.608. The summed E-state index contributed by atoms with van der Waals surface area (Å²) in [5, 5.41) is 14.4. The Labute approximate surface area is 167 Å². The number of hydrogen-bond donors (Lipinski definition) is 2. The third-order valence-corrected chi connectivity index (χ3v) is 3.98. The van der Waals surface area contributed by atoms with E-state index in [0.717, 1.165) is 5.75 Å². The van der Waals surface area contributed by atoms with Crippen LogP contribution in [-0.4, -0.2) is 29.8 Å². The van der Waals surface area contributed by atoms with E-state index in [1.807, 2.05) is 6.92 Å². The van der Waals surface area contributed by atoms with Gasteiger partial charge in [0.05, 0.1) is 19.4 Å². The monoisotopic (exact) mass is 398 g/mol. The van der Waals surface area contributed by atoms with Crippen LogP contribution in [0.15, 0.2) is 54.6 Å². The minimum absolute atomic E-state index is 0.192. The highest BCUT2D eigenvalue weighted by Crippen LogP contribution is 2.29. The molecule has 0 saturated carbocycles. The molecule has 7 nitrogen and oxygen atoms in total. The Morgan fingerprint density at radius 1 is 1.07 bits per heavy atom. The number of halogens is 1. The molecule has 0 aliphatic rings. The van der Waals surface area contributed by atoms with E-state index in [-0.39, 0.29) is 11.6 Å². The number of nitrogens with one attached hydrogen (secondary N) is 2. The largest absolute Gasteiger partial charge is 0.495 e. The number of rotatable bonds is 7. The second-order valence-electron chi connectivity index (χ2n) is 5.68. The van der Waals surface area contributed by atoms with E-state index >= 15 is 0 Å². The standard InChI is InChI=1S/C20H19ClN4O3/c1-3-28-15-7-5-14(6-8-15)22-20(26)16-9-11-19(25-24-16)23-17-12-13(21)4-10-18(17)27-2/h4-12H,3H2,1-2H3,(H,22,26)(H,23,25). The van der Waals surface area contributed by atoms with E-state index in [1.165, 1.54) is 0 Å². The number of aromatic nitrogens is 2. The van der Waals surface area contributed by atoms with Crippen molar-refractivity contribution in [1.29, 1.82) is 0 Å². The fraction of sp³-hybridized carbons (Fsp3) is 0.150. The van der Waals surface area contributed by atoms with Crippen molar-refractivity contribution in [2.75, 3.05) is 24.4 Å². The molecule has 28 heavy (non-hydrogen) atoms. The van der Waals surface area contributed by atoms with E-state index in [0.29, 0.717) is 34.6 Å². The smallest absolute Gasteiger partial charge is 0.276 e. The van der Waals surface area contributed by atoms with Crippen LogP contribution in [0.4, 0.5) is 17.2 Å². The molecular weight excluding hydrogens is 380 g/mol. The van der Waals surface area contributed by atoms with Gasteiger partial charge in [0.15, 0.2) is 11.5 Å². The molecule has 0 aliphatic carbocycles. The maximum Gasteiger partial charge on any atom is 0.276 e. The third kappa shape index (κ3) is 4.89. The summed E-state index contributed by atoms with van der Waals surface area (Å²) in [5.74, 6) is 1.46. The summed E-state index contributed by atoms with van der Waals surface area (Å²) in [4.78, 5) is 12.3. The average molecular weight is 399 g/mol. The molecule has 1 aromatic heterocycles. The Balaban J connectivity index is 1.66. The number of benzene rings is 2. The average Bonchev–Trinajstić information content (AvgIpc) is 2.70. The Morgan fingerprint density at radius 2 is 1.86 bits per heavy atom. The van der Waals surface area contributed by atoms with Crippen LogP contribution in [0.5, 0.6) is 11.5 Å². The molecule has 2 N–H and O–H groups in total. The van der Waals surface area contributed by atoms with Crippen LogP contribution in [0.3, 0.4) is 0 Å². The van der Waals surface area contributed by atoms with Crippen LogP contribution in [0.2, 0.25) is 5.02 Å². The summed E-state index contributed by atoms with van der Waals surface area (Å²) in [6.45, 7) is 2.50. The molecule has 0 atom stereocenters. The van der Waals surface area contributed by atoms with Gasteiger partial charge >= 0.3 is 0 Å². The van der Waals surface area contributed by atoms with E-state index in [9.17, 15) is 4.79 Å². The Bertz CT molecular complexity index is 947. The number of carbonyl (C=O) groups is 1. The van der Waals surface area contributed by atoms with Gasteiger partial charge in [-0.25, -0.2) is 0 Å². The van der Waals surface area contributed by atoms with E-state index in [4.69, 9.17) is 21.1 Å². The number of hydrogen-bond acceptors (Lipinski definition) is 6. The van der Waals surface area contributed by atoms with Crippen molar-refractivity contribution < 1.29 is 14.3 Å². The van der Waals surface area contributed by atoms with Crippen LogP contribution >= 0.6 is 11.6 Å². The molecule has 1 heterocycles. The van der Waals surface area contributed by atoms with Crippen LogP contribution in [-0.2, 0) is 0 Å². The minimum atomic E-state index is -0.358. The number of ether oxygens (including phenoxy) is 2. The normalized spacial score (nSPS) is 10.2. The second kappa shape index (κ2) is 9.05. The molecule has 3 rings (SSSR count). The predicted molar refractivity (Wildman–Crippen MR) is 109 cm³/mol. The number of nitrogens with zero attached hydrogens (tertiary/aromatic N) is 2. The zero-order chi connectivity index (χ0) is 19.9. The summed E-state index contributed by atoms with van der Waals surface area (Å²) in [6.07, 6.45) is 0. The van der Waals surface area contributed by atoms with Crippen molar-refractivity contribution in [1.82, 2.24) is 10.2 Å². The highest BCUT2D eigenvalue weighted by atomic mass is 35.5. The first-order chi connectivity index (χ1) is 13.6. The Morgan fingerprint density at radius 3 is 2.50 bits per heavy atom. The van der Waals surface area contributed by atoms with Crippen LogP contribution in [0.1, 0.15) is 17.4 Å². The summed E-state index contributed by atoms with van der Waals surface area (Å²) < 4.78 is 10.7. The molecule has 0 unspecified atom stereocenters. The van der Waals surface area contributed by atoms with Crippen LogP contribution in [0.25, 0.3) is 0 Å². The first kappa shape index (κ1) is 19.4. The second-order valence-corrected chi connectivity index (χ2v) is 6.12. The summed E-state index contributed by atoms with van der Waals surface area (Å²) in [5.41, 5.74) is 1.48. The van der Waals surface area contributed by atoms with Gasteiger partial charge in [-0.05, 0) is 61.5 Å². The zero-order valence-electron chi connectivity index (χ0n) is 15.4. The number of anilines is 3. The fourth-order valence-electron chi connectivity index (χ4n) is 2.43. The highest BCUT2D eigenvalue weighted by Gasteiger charge is 2.10. The van der Waals surface area contributed by atoms with Crippen molar-refractivity contribution in [3.8, 4) is 11.5 Å². The molecule has 0 fully saturated rings. The molecule has 2 aromatic carbocycles. The Kier molecular flexibility index (Phi) is 6.29. The molecular formula is C20H19ClN4O3. The number of carbonyl (C=O) groups excluding carboxylic acids is 1. The van der Waals surface area contributed by atoms with Gasteiger partial charge in [0, 0.05) is 10.7 Å². The molecule has 0 aliphatic heterocycles. The van der Waals surface area contributed by atoms with Crippen LogP contribution < -0.4 is 20.1 Å². The predicted octanol–water partition coefficient (Wildman–Crippen LogP) is 4.53. The zero-order valence-corrected chi connectivity index (χ0v) is 16.2. The SMILES string of the molecule is CCOc1ccc(NC(=O)c2ccc(Nc3cc(Cl)ccc3OC)nn2)cc1. The van der Waals surface area contributed by atoms with E-state index in [1.54, 1.807) is 61.7 Å². The van der Waals surface area contributed by atoms with Gasteiger partial charge in [-0.1, -0.05) is 11.6 Å². The number of methoxy groups -OCH3 is 1. The lowest BCUT2D eigenvalue weighted by Gasteiger charge is -2.11. The molecule has 0 bridgehead atoms. The van der Waals surface area contributed by atoms with Crippen molar-refractivity contribution in [2.45, 2.75) is 6.92 Å². The molecule has 144 valence electrons. The van der Waals surface area contributed by atoms with E-state index in [2.05, 4.69) is 20.8 Å². The minimum Gasteiger partial charge on any atom is -0.495 e. The highest BCUT2D eigenvalue weighted by molar-refractivity contribution is 6.31. The molecule has 8 heteroatoms. The fourth-order valence-corrected chi connectivity index (χ4v) is 2.60. The van der Waals surface area contributed by atoms with Crippen molar-refractivity contribution in [3.63, 3.8) is 0 Å². The van der Waals surface area contributed by atoms with Gasteiger partial charge in [-0.15, -0.1) is 10.2 Å². The molecule has 0 spiro atoms. The third-order valence-electron chi connectivity index (χ3n) is 3.74. The van der Waals surface area contributed by atoms with Crippen LogP contribution in [0, 0.1) is 0 Å². The molecule has 3 aromatic rings. The topological polar surface area (TPSA) is 85.4 Å². The molecule has 1 amide bonds. The lowest BCUT2D eigenvalue weighted by molar-refractivity contribution is 0.102. The van der Waals surface area contributed by atoms with Gasteiger partial charge in [0.25, 0.3) is 5.91 Å². The van der Waals surface area contributed by atoms with E-state index < -0.39 is 0 Å². The van der Waals surface area contributed by atoms with Gasteiger partial charge < -0.3 is 20.1 Å². The van der Waals surface area contributed by atoms with Crippen molar-refractivity contribution >= 4 is 34.7 Å². The van der Waals surface area contributed by atoms with Gasteiger partial charge in [0.2, 0.25) is 0 Å². The lowest BCUT2D eigenvalue weighted by atomic mass is 10.2. The van der Waals surface area contributed by atoms with Gasteiger partial charge in [-0.3, -0.25) is 4.79 Å². The maximum atomic E-state index is 12.3. The summed E-state index contributed by atoms with van der Waals surface area (Å²) >= 11 is 6.02. The molecule has 0 radical (unpaired) electrons. The summed E-state index contributed by atoms with van der Waals surface area (Å²) in [7, 11) is 1.56. The first-order valence-electron chi connectivity index (χ1n) is 8.57. The maximum absolute atomic E-state index is 12.3. The van der Waals surface area contributed by atoms with Gasteiger partial charge in [-0.2, -0.15) is 0 Å². The van der Waals surface area contributed by atoms with Gasteiger partial charge in [0.1, 0.15) is 11.5 Å². The van der Waals surface area contributed by atoms with Crippen molar-refractivity contribution in [2.24, 2.45) is 0 Å². The first-order valence-corrected chi connectivity index (χ1v) is 8.95. The molecule has 0 saturated heterocycles. The Hall–Kier alpha value is -3.32. The lowest BCUT2D eigenvalue weighted by Crippen LogP contribution is -2.14. The number of amides is 1. The van der Waals surface area contributed by atoms with Crippen molar-refractivity contribution in [3.05, 3.63) is 65.3 Å². The summed E-state index contributed by atoms with van der Waals surface area (Å²) in [6, 6.07) is 15.5.